The average molecular weight is 244 g/mol. The van der Waals surface area contributed by atoms with Crippen molar-refractivity contribution in [3.63, 3.8) is 0 Å². The summed E-state index contributed by atoms with van der Waals surface area (Å²) in [5.74, 6) is -0.926. The molecule has 4 N–H and O–H groups in total. The van der Waals surface area contributed by atoms with E-state index in [-0.39, 0.29) is 11.5 Å². The molecule has 0 spiro atoms. The third kappa shape index (κ3) is 2.22. The van der Waals surface area contributed by atoms with Gasteiger partial charge in [-0.2, -0.15) is 5.10 Å². The second-order valence-corrected chi connectivity index (χ2v) is 3.77. The number of anilines is 1. The predicted octanol–water partition coefficient (Wildman–Crippen LogP) is 1.07. The highest BCUT2D eigenvalue weighted by molar-refractivity contribution is 6.09. The normalized spacial score (nSPS) is 10.1. The lowest BCUT2D eigenvalue weighted by molar-refractivity contribution is 0.100. The zero-order valence-corrected chi connectivity index (χ0v) is 9.73. The van der Waals surface area contributed by atoms with Crippen molar-refractivity contribution in [2.45, 2.75) is 6.92 Å². The van der Waals surface area contributed by atoms with Crippen LogP contribution < -0.4 is 11.1 Å². The van der Waals surface area contributed by atoms with Crippen LogP contribution in [0.15, 0.2) is 30.5 Å². The number of H-pyrrole nitrogens is 1. The van der Waals surface area contributed by atoms with Crippen molar-refractivity contribution >= 4 is 17.5 Å². The molecular weight excluding hydrogens is 232 g/mol. The molecule has 0 atom stereocenters. The number of aromatic amines is 1. The summed E-state index contributed by atoms with van der Waals surface area (Å²) >= 11 is 0. The van der Waals surface area contributed by atoms with Crippen LogP contribution in [0.1, 0.15) is 26.4 Å². The molecule has 0 unspecified atom stereocenters. The number of rotatable bonds is 3. The van der Waals surface area contributed by atoms with Crippen LogP contribution in [0.25, 0.3) is 0 Å². The minimum atomic E-state index is -0.588. The van der Waals surface area contributed by atoms with Crippen molar-refractivity contribution in [3.05, 3.63) is 47.3 Å². The lowest BCUT2D eigenvalue weighted by Crippen LogP contribution is -2.18. The van der Waals surface area contributed by atoms with E-state index in [0.717, 1.165) is 0 Å². The number of benzene rings is 1. The van der Waals surface area contributed by atoms with Crippen molar-refractivity contribution in [2.75, 3.05) is 5.32 Å². The highest BCUT2D eigenvalue weighted by Crippen LogP contribution is 2.16. The van der Waals surface area contributed by atoms with E-state index < -0.39 is 5.91 Å². The standard InChI is InChI=1S/C12H12N4O2/c1-7-9(6-14-16-7)12(18)15-10-5-3-2-4-8(10)11(13)17/h2-6H,1H3,(H2,13,17)(H,14,16)(H,15,18). The number of nitrogens with two attached hydrogens (primary N) is 1. The number of para-hydroxylation sites is 1. The van der Waals surface area contributed by atoms with E-state index in [1.54, 1.807) is 31.2 Å². The highest BCUT2D eigenvalue weighted by atomic mass is 16.2. The quantitative estimate of drug-likeness (QED) is 0.752. The van der Waals surface area contributed by atoms with Crippen LogP contribution in [0, 0.1) is 6.92 Å². The Morgan fingerprint density at radius 3 is 2.61 bits per heavy atom. The topological polar surface area (TPSA) is 101 Å². The van der Waals surface area contributed by atoms with Crippen molar-refractivity contribution in [3.8, 4) is 0 Å². The molecule has 0 saturated carbocycles. The van der Waals surface area contributed by atoms with Crippen LogP contribution in [0.2, 0.25) is 0 Å². The first-order valence-corrected chi connectivity index (χ1v) is 5.29. The fraction of sp³-hybridized carbons (Fsp3) is 0.0833. The number of nitrogens with one attached hydrogen (secondary N) is 2. The van der Waals surface area contributed by atoms with Gasteiger partial charge in [0, 0.05) is 5.69 Å². The summed E-state index contributed by atoms with van der Waals surface area (Å²) in [7, 11) is 0. The first-order chi connectivity index (χ1) is 8.59. The summed E-state index contributed by atoms with van der Waals surface area (Å²) < 4.78 is 0. The van der Waals surface area contributed by atoms with Gasteiger partial charge in [0.05, 0.1) is 23.0 Å². The summed E-state index contributed by atoms with van der Waals surface area (Å²) in [6.45, 7) is 1.74. The number of hydrogen-bond donors (Lipinski definition) is 3. The van der Waals surface area contributed by atoms with Gasteiger partial charge in [-0.3, -0.25) is 14.7 Å². The Balaban J connectivity index is 2.28. The molecule has 2 amide bonds. The van der Waals surface area contributed by atoms with Gasteiger partial charge in [-0.15, -0.1) is 0 Å². The number of aromatic nitrogens is 2. The van der Waals surface area contributed by atoms with Gasteiger partial charge in [0.2, 0.25) is 0 Å². The molecule has 6 heteroatoms. The van der Waals surface area contributed by atoms with E-state index in [0.29, 0.717) is 16.9 Å². The number of primary amides is 1. The zero-order valence-electron chi connectivity index (χ0n) is 9.73. The average Bonchev–Trinajstić information content (AvgIpc) is 2.76. The van der Waals surface area contributed by atoms with Gasteiger partial charge in [0.15, 0.2) is 0 Å². The van der Waals surface area contributed by atoms with Crippen LogP contribution in [0.5, 0.6) is 0 Å². The predicted molar refractivity (Wildman–Crippen MR) is 66.2 cm³/mol. The summed E-state index contributed by atoms with van der Waals surface area (Å²) in [6, 6.07) is 6.57. The van der Waals surface area contributed by atoms with Crippen molar-refractivity contribution in [2.24, 2.45) is 5.73 Å². The van der Waals surface area contributed by atoms with E-state index >= 15 is 0 Å². The molecule has 92 valence electrons. The maximum Gasteiger partial charge on any atom is 0.259 e. The first-order valence-electron chi connectivity index (χ1n) is 5.29. The van der Waals surface area contributed by atoms with Gasteiger partial charge in [0.25, 0.3) is 11.8 Å². The minimum absolute atomic E-state index is 0.270. The van der Waals surface area contributed by atoms with E-state index in [9.17, 15) is 9.59 Å². The molecule has 0 bridgehead atoms. The molecule has 0 aliphatic heterocycles. The molecule has 18 heavy (non-hydrogen) atoms. The fourth-order valence-electron chi connectivity index (χ4n) is 1.58. The molecule has 2 rings (SSSR count). The van der Waals surface area contributed by atoms with Crippen molar-refractivity contribution < 1.29 is 9.59 Å². The molecule has 0 fully saturated rings. The molecule has 1 heterocycles. The zero-order chi connectivity index (χ0) is 13.1. The summed E-state index contributed by atoms with van der Waals surface area (Å²) in [4.78, 5) is 23.2. The third-order valence-electron chi connectivity index (χ3n) is 2.52. The van der Waals surface area contributed by atoms with Crippen molar-refractivity contribution in [1.29, 1.82) is 0 Å². The second kappa shape index (κ2) is 4.70. The van der Waals surface area contributed by atoms with E-state index in [2.05, 4.69) is 15.5 Å². The summed E-state index contributed by atoms with van der Waals surface area (Å²) in [5, 5.41) is 9.07. The number of carbonyl (C=O) groups excluding carboxylic acids is 2. The van der Waals surface area contributed by atoms with Gasteiger partial charge >= 0.3 is 0 Å². The van der Waals surface area contributed by atoms with Gasteiger partial charge in [-0.1, -0.05) is 12.1 Å². The monoisotopic (exact) mass is 244 g/mol. The second-order valence-electron chi connectivity index (χ2n) is 3.77. The lowest BCUT2D eigenvalue weighted by atomic mass is 10.1. The van der Waals surface area contributed by atoms with Crippen LogP contribution in [-0.2, 0) is 0 Å². The molecular formula is C12H12N4O2. The van der Waals surface area contributed by atoms with Crippen LogP contribution in [0.3, 0.4) is 0 Å². The molecule has 0 aliphatic carbocycles. The molecule has 1 aromatic carbocycles. The number of amides is 2. The molecule has 1 aromatic heterocycles. The van der Waals surface area contributed by atoms with E-state index in [4.69, 9.17) is 5.73 Å². The van der Waals surface area contributed by atoms with Crippen molar-refractivity contribution in [1.82, 2.24) is 10.2 Å². The van der Waals surface area contributed by atoms with Gasteiger partial charge in [-0.25, -0.2) is 0 Å². The van der Waals surface area contributed by atoms with Crippen LogP contribution >= 0.6 is 0 Å². The highest BCUT2D eigenvalue weighted by Gasteiger charge is 2.14. The van der Waals surface area contributed by atoms with Gasteiger partial charge < -0.3 is 11.1 Å². The maximum atomic E-state index is 11.9. The van der Waals surface area contributed by atoms with E-state index in [1.807, 2.05) is 0 Å². The third-order valence-corrected chi connectivity index (χ3v) is 2.52. The van der Waals surface area contributed by atoms with Crippen LogP contribution in [0.4, 0.5) is 5.69 Å². The molecule has 6 nitrogen and oxygen atoms in total. The minimum Gasteiger partial charge on any atom is -0.366 e. The van der Waals surface area contributed by atoms with Crippen LogP contribution in [-0.4, -0.2) is 22.0 Å². The molecule has 0 aliphatic rings. The number of nitrogens with zero attached hydrogens (tertiary/aromatic N) is 1. The Bertz CT molecular complexity index is 604. The van der Waals surface area contributed by atoms with Gasteiger partial charge in [0.1, 0.15) is 0 Å². The molecule has 0 saturated heterocycles. The smallest absolute Gasteiger partial charge is 0.259 e. The summed E-state index contributed by atoms with van der Waals surface area (Å²) in [5.41, 5.74) is 6.97. The Labute approximate surface area is 103 Å². The maximum absolute atomic E-state index is 11.9. The molecule has 2 aromatic rings. The number of aryl methyl sites for hydroxylation is 1. The Hall–Kier alpha value is -2.63. The molecule has 0 radical (unpaired) electrons. The largest absolute Gasteiger partial charge is 0.366 e. The lowest BCUT2D eigenvalue weighted by Gasteiger charge is -2.07. The SMILES string of the molecule is Cc1[nH]ncc1C(=O)Nc1ccccc1C(N)=O. The Kier molecular flexibility index (Phi) is 3.09. The Morgan fingerprint density at radius 1 is 1.28 bits per heavy atom. The van der Waals surface area contributed by atoms with Gasteiger partial charge in [-0.05, 0) is 19.1 Å². The number of hydrogen-bond acceptors (Lipinski definition) is 3. The summed E-state index contributed by atoms with van der Waals surface area (Å²) in [6.07, 6.45) is 1.43. The first kappa shape index (κ1) is 11.8. The van der Waals surface area contributed by atoms with E-state index in [1.165, 1.54) is 6.20 Å². The fourth-order valence-corrected chi connectivity index (χ4v) is 1.58. The number of carbonyl (C=O) groups is 2. The Morgan fingerprint density at radius 2 is 2.00 bits per heavy atom.